The molecule has 0 atom stereocenters. The first kappa shape index (κ1) is 21.5. The number of rotatable bonds is 6. The van der Waals surface area contributed by atoms with Crippen LogP contribution in [-0.2, 0) is 26.1 Å². The topological polar surface area (TPSA) is 56.4 Å². The number of benzene rings is 2. The van der Waals surface area contributed by atoms with E-state index >= 15 is 0 Å². The summed E-state index contributed by atoms with van der Waals surface area (Å²) in [6.07, 6.45) is 4.55. The minimum Gasteiger partial charge on any atom is -0.301 e. The monoisotopic (exact) mass is 438 g/mol. The molecule has 2 N–H and O–H groups in total. The Morgan fingerprint density at radius 2 is 1.55 bits per heavy atom. The third-order valence-corrected chi connectivity index (χ3v) is 6.85. The molecule has 33 heavy (non-hydrogen) atoms. The minimum absolute atomic E-state index is 0.758. The number of hydrogen-bond donors (Lipinski definition) is 1. The Bertz CT molecular complexity index is 1110. The van der Waals surface area contributed by atoms with Crippen molar-refractivity contribution in [1.29, 1.82) is 5.26 Å². The molecule has 3 aromatic rings. The van der Waals surface area contributed by atoms with Crippen LogP contribution in [0.15, 0.2) is 60.7 Å². The number of nitrogens with one attached hydrogen (secondary N) is 2. The van der Waals surface area contributed by atoms with Crippen molar-refractivity contribution in [2.24, 2.45) is 0 Å². The molecule has 5 rings (SSSR count). The molecule has 1 aromatic heterocycles. The van der Waals surface area contributed by atoms with Gasteiger partial charge in [0.05, 0.1) is 19.6 Å². The first-order valence-corrected chi connectivity index (χ1v) is 12.1. The Labute approximate surface area is 196 Å². The lowest BCUT2D eigenvalue weighted by atomic mass is 9.94. The summed E-state index contributed by atoms with van der Waals surface area (Å²) in [5.41, 5.74) is 5.88. The summed E-state index contributed by atoms with van der Waals surface area (Å²) < 4.78 is 0. The van der Waals surface area contributed by atoms with Crippen LogP contribution in [0.2, 0.25) is 0 Å². The zero-order valence-corrected chi connectivity index (χ0v) is 19.2. The number of fused-ring (bicyclic) bond motifs is 1. The van der Waals surface area contributed by atoms with E-state index < -0.39 is 0 Å². The van der Waals surface area contributed by atoms with Crippen molar-refractivity contribution >= 4 is 11.6 Å². The summed E-state index contributed by atoms with van der Waals surface area (Å²) in [6, 6.07) is 23.7. The van der Waals surface area contributed by atoms with E-state index in [0.717, 1.165) is 62.9 Å². The van der Waals surface area contributed by atoms with Gasteiger partial charge in [-0.05, 0) is 42.4 Å². The number of aromatic amines is 1. The molecule has 0 unspecified atom stereocenters. The molecular formula is C28H32N5+. The van der Waals surface area contributed by atoms with Gasteiger partial charge >= 0.3 is 0 Å². The number of anilines is 2. The van der Waals surface area contributed by atoms with E-state index in [2.05, 4.69) is 86.8 Å². The Balaban J connectivity index is 1.48. The SMILES string of the molecule is N#Cc1c(N2CCCCC2)[nH+]c(NCc2ccccc2)c2c1CCN(Cc1ccccc1)C2. The van der Waals surface area contributed by atoms with Gasteiger partial charge in [0.2, 0.25) is 11.6 Å². The lowest BCUT2D eigenvalue weighted by molar-refractivity contribution is -0.348. The summed E-state index contributed by atoms with van der Waals surface area (Å²) >= 11 is 0. The molecule has 0 radical (unpaired) electrons. The Hall–Kier alpha value is -3.36. The summed E-state index contributed by atoms with van der Waals surface area (Å²) in [5.74, 6) is 2.06. The van der Waals surface area contributed by atoms with Crippen LogP contribution in [0.3, 0.4) is 0 Å². The highest BCUT2D eigenvalue weighted by Crippen LogP contribution is 2.32. The molecular weight excluding hydrogens is 406 g/mol. The lowest BCUT2D eigenvalue weighted by Crippen LogP contribution is -2.39. The highest BCUT2D eigenvalue weighted by Gasteiger charge is 2.31. The van der Waals surface area contributed by atoms with Crippen LogP contribution in [0, 0.1) is 11.3 Å². The fourth-order valence-corrected chi connectivity index (χ4v) is 5.11. The maximum absolute atomic E-state index is 10.2. The fourth-order valence-electron chi connectivity index (χ4n) is 5.11. The molecule has 2 aliphatic heterocycles. The Morgan fingerprint density at radius 3 is 2.24 bits per heavy atom. The van der Waals surface area contributed by atoms with Gasteiger partial charge in [-0.1, -0.05) is 60.7 Å². The first-order valence-electron chi connectivity index (χ1n) is 12.1. The van der Waals surface area contributed by atoms with Crippen molar-refractivity contribution in [3.8, 4) is 6.07 Å². The van der Waals surface area contributed by atoms with Crippen molar-refractivity contribution in [2.75, 3.05) is 29.9 Å². The van der Waals surface area contributed by atoms with Crippen LogP contribution >= 0.6 is 0 Å². The second-order valence-corrected chi connectivity index (χ2v) is 9.13. The van der Waals surface area contributed by atoms with Gasteiger partial charge in [-0.3, -0.25) is 9.80 Å². The minimum atomic E-state index is 0.758. The van der Waals surface area contributed by atoms with E-state index in [-0.39, 0.29) is 0 Å². The molecule has 0 saturated carbocycles. The van der Waals surface area contributed by atoms with E-state index in [1.807, 2.05) is 0 Å². The molecule has 0 spiro atoms. The number of piperidine rings is 1. The van der Waals surface area contributed by atoms with Crippen LogP contribution in [-0.4, -0.2) is 24.5 Å². The number of hydrogen-bond acceptors (Lipinski definition) is 4. The molecule has 2 aromatic carbocycles. The van der Waals surface area contributed by atoms with Crippen LogP contribution < -0.4 is 15.2 Å². The number of H-pyrrole nitrogens is 1. The van der Waals surface area contributed by atoms with Gasteiger partial charge in [0.15, 0.2) is 0 Å². The van der Waals surface area contributed by atoms with Crippen molar-refractivity contribution in [2.45, 2.75) is 45.3 Å². The first-order chi connectivity index (χ1) is 16.3. The smallest absolute Gasteiger partial charge is 0.240 e. The maximum atomic E-state index is 10.2. The molecule has 1 saturated heterocycles. The molecule has 0 bridgehead atoms. The van der Waals surface area contributed by atoms with Crippen LogP contribution in [0.25, 0.3) is 0 Å². The van der Waals surface area contributed by atoms with Gasteiger partial charge in [0.25, 0.3) is 0 Å². The molecule has 5 heteroatoms. The summed E-state index contributed by atoms with van der Waals surface area (Å²) in [6.45, 7) is 5.53. The lowest BCUT2D eigenvalue weighted by Gasteiger charge is -2.32. The third kappa shape index (κ3) is 4.86. The zero-order valence-electron chi connectivity index (χ0n) is 19.2. The van der Waals surface area contributed by atoms with Gasteiger partial charge in [0.1, 0.15) is 11.6 Å². The zero-order chi connectivity index (χ0) is 22.5. The van der Waals surface area contributed by atoms with Crippen molar-refractivity contribution in [1.82, 2.24) is 4.90 Å². The van der Waals surface area contributed by atoms with E-state index in [9.17, 15) is 5.26 Å². The highest BCUT2D eigenvalue weighted by atomic mass is 15.2. The second kappa shape index (κ2) is 10.1. The fraction of sp³-hybridized carbons (Fsp3) is 0.357. The van der Waals surface area contributed by atoms with Gasteiger partial charge in [-0.25, -0.2) is 4.98 Å². The molecule has 0 amide bonds. The van der Waals surface area contributed by atoms with Gasteiger partial charge in [0, 0.05) is 25.2 Å². The molecule has 5 nitrogen and oxygen atoms in total. The third-order valence-electron chi connectivity index (χ3n) is 6.85. The van der Waals surface area contributed by atoms with E-state index in [4.69, 9.17) is 0 Å². The molecule has 0 aliphatic carbocycles. The van der Waals surface area contributed by atoms with E-state index in [1.54, 1.807) is 0 Å². The van der Waals surface area contributed by atoms with E-state index in [0.29, 0.717) is 0 Å². The van der Waals surface area contributed by atoms with Gasteiger partial charge in [-0.2, -0.15) is 5.26 Å². The number of aromatic nitrogens is 1. The molecule has 168 valence electrons. The highest BCUT2D eigenvalue weighted by molar-refractivity contribution is 5.62. The summed E-state index contributed by atoms with van der Waals surface area (Å²) in [5, 5.41) is 13.9. The van der Waals surface area contributed by atoms with E-state index in [1.165, 1.54) is 41.5 Å². The van der Waals surface area contributed by atoms with Crippen molar-refractivity contribution in [3.63, 3.8) is 0 Å². The van der Waals surface area contributed by atoms with Crippen LogP contribution in [0.4, 0.5) is 11.6 Å². The second-order valence-electron chi connectivity index (χ2n) is 9.13. The number of nitrogens with zero attached hydrogens (tertiary/aromatic N) is 3. The summed E-state index contributed by atoms with van der Waals surface area (Å²) in [4.78, 5) is 8.55. The number of nitriles is 1. The van der Waals surface area contributed by atoms with Gasteiger partial charge in [-0.15, -0.1) is 0 Å². The number of pyridine rings is 1. The predicted octanol–water partition coefficient (Wildman–Crippen LogP) is 4.53. The Morgan fingerprint density at radius 1 is 0.848 bits per heavy atom. The normalized spacial score (nSPS) is 16.2. The van der Waals surface area contributed by atoms with Gasteiger partial charge < -0.3 is 5.32 Å². The van der Waals surface area contributed by atoms with Crippen molar-refractivity contribution in [3.05, 3.63) is 88.5 Å². The van der Waals surface area contributed by atoms with Crippen molar-refractivity contribution < 1.29 is 4.98 Å². The standard InChI is InChI=1S/C28H31N5/c29-18-25-24-14-17-32(20-23-12-6-2-7-13-23)21-26(24)27(30-19-22-10-4-1-5-11-22)31-28(25)33-15-8-3-9-16-33/h1-2,4-7,10-13H,3,8-9,14-17,19-21H2,(H,30,31)/p+1. The van der Waals surface area contributed by atoms with Crippen LogP contribution in [0.5, 0.6) is 0 Å². The average molecular weight is 439 g/mol. The predicted molar refractivity (Wildman–Crippen MR) is 132 cm³/mol. The maximum Gasteiger partial charge on any atom is 0.240 e. The summed E-state index contributed by atoms with van der Waals surface area (Å²) in [7, 11) is 0. The molecule has 3 heterocycles. The quantitative estimate of drug-likeness (QED) is 0.614. The Kier molecular flexibility index (Phi) is 6.55. The largest absolute Gasteiger partial charge is 0.301 e. The average Bonchev–Trinajstić information content (AvgIpc) is 2.88. The van der Waals surface area contributed by atoms with Crippen LogP contribution in [0.1, 0.15) is 47.1 Å². The molecule has 1 fully saturated rings. The molecule has 2 aliphatic rings.